The van der Waals surface area contributed by atoms with Crippen molar-refractivity contribution >= 4 is 5.70 Å². The molecule has 122 valence electrons. The normalized spacial score (nSPS) is 10.7. The summed E-state index contributed by atoms with van der Waals surface area (Å²) in [5.74, 6) is 0. The van der Waals surface area contributed by atoms with Gasteiger partial charge in [0.2, 0.25) is 5.69 Å². The summed E-state index contributed by atoms with van der Waals surface area (Å²) in [6.45, 7) is 8.80. The molecule has 1 heteroatoms. The van der Waals surface area contributed by atoms with Crippen molar-refractivity contribution < 1.29 is 4.57 Å². The highest BCUT2D eigenvalue weighted by Crippen LogP contribution is 2.23. The molecule has 0 spiro atoms. The van der Waals surface area contributed by atoms with Crippen molar-refractivity contribution in [2.24, 2.45) is 0 Å². The minimum atomic E-state index is 1.05. The first-order valence-corrected chi connectivity index (χ1v) is 9.05. The molecule has 23 heavy (non-hydrogen) atoms. The minimum absolute atomic E-state index is 1.05. The zero-order chi connectivity index (χ0) is 16.5. The van der Waals surface area contributed by atoms with Crippen molar-refractivity contribution in [3.05, 3.63) is 60.8 Å². The SMILES string of the molecule is C=C(CCCC)[n+]1ccccc1-c1ccccc1CCCCC. The Morgan fingerprint density at radius 1 is 0.913 bits per heavy atom. The van der Waals surface area contributed by atoms with Crippen LogP contribution in [0, 0.1) is 0 Å². The summed E-state index contributed by atoms with van der Waals surface area (Å²) < 4.78 is 2.27. The molecule has 0 bridgehead atoms. The number of hydrogen-bond acceptors (Lipinski definition) is 0. The zero-order valence-electron chi connectivity index (χ0n) is 14.7. The number of unbranched alkanes of at least 4 members (excludes halogenated alkanes) is 3. The van der Waals surface area contributed by atoms with Crippen molar-refractivity contribution in [1.82, 2.24) is 0 Å². The van der Waals surface area contributed by atoms with Crippen molar-refractivity contribution in [3.8, 4) is 11.3 Å². The third-order valence-corrected chi connectivity index (χ3v) is 4.36. The molecule has 2 aromatic rings. The molecule has 2 rings (SSSR count). The Hall–Kier alpha value is -1.89. The number of hydrogen-bond donors (Lipinski definition) is 0. The van der Waals surface area contributed by atoms with Crippen LogP contribution in [-0.2, 0) is 6.42 Å². The van der Waals surface area contributed by atoms with Crippen LogP contribution in [0.25, 0.3) is 17.0 Å². The van der Waals surface area contributed by atoms with E-state index >= 15 is 0 Å². The molecular weight excluding hydrogens is 278 g/mol. The second-order valence-electron chi connectivity index (χ2n) is 6.24. The molecule has 1 aromatic carbocycles. The Labute approximate surface area is 141 Å². The van der Waals surface area contributed by atoms with E-state index in [0.29, 0.717) is 0 Å². The lowest BCUT2D eigenvalue weighted by molar-refractivity contribution is -0.571. The average molecular weight is 308 g/mol. The van der Waals surface area contributed by atoms with Crippen LogP contribution in [0.4, 0.5) is 0 Å². The number of aromatic nitrogens is 1. The molecule has 0 aliphatic rings. The second kappa shape index (κ2) is 9.29. The zero-order valence-corrected chi connectivity index (χ0v) is 14.7. The van der Waals surface area contributed by atoms with E-state index in [9.17, 15) is 0 Å². The Morgan fingerprint density at radius 3 is 2.43 bits per heavy atom. The lowest BCUT2D eigenvalue weighted by Crippen LogP contribution is -2.34. The maximum Gasteiger partial charge on any atom is 0.218 e. The lowest BCUT2D eigenvalue weighted by atomic mass is 9.98. The van der Waals surface area contributed by atoms with E-state index in [-0.39, 0.29) is 0 Å². The molecule has 0 amide bonds. The van der Waals surface area contributed by atoms with Gasteiger partial charge in [0, 0.05) is 24.1 Å². The smallest absolute Gasteiger partial charge is 0.164 e. The first-order valence-electron chi connectivity index (χ1n) is 9.05. The number of nitrogens with zero attached hydrogens (tertiary/aromatic N) is 1. The predicted molar refractivity (Wildman–Crippen MR) is 100 cm³/mol. The molecular formula is C22H30N+. The third-order valence-electron chi connectivity index (χ3n) is 4.36. The average Bonchev–Trinajstić information content (AvgIpc) is 2.60. The van der Waals surface area contributed by atoms with Gasteiger partial charge >= 0.3 is 0 Å². The van der Waals surface area contributed by atoms with Gasteiger partial charge in [0.1, 0.15) is 0 Å². The highest BCUT2D eigenvalue weighted by molar-refractivity contribution is 5.62. The maximum atomic E-state index is 4.32. The second-order valence-corrected chi connectivity index (χ2v) is 6.24. The van der Waals surface area contributed by atoms with Crippen molar-refractivity contribution in [2.45, 2.75) is 58.8 Å². The van der Waals surface area contributed by atoms with E-state index in [2.05, 4.69) is 73.7 Å². The molecule has 1 aromatic heterocycles. The van der Waals surface area contributed by atoms with Crippen LogP contribution < -0.4 is 4.57 Å². The van der Waals surface area contributed by atoms with E-state index in [1.165, 1.54) is 54.6 Å². The van der Waals surface area contributed by atoms with Crippen molar-refractivity contribution in [1.29, 1.82) is 0 Å². The van der Waals surface area contributed by atoms with Gasteiger partial charge in [0.25, 0.3) is 0 Å². The van der Waals surface area contributed by atoms with Gasteiger partial charge in [0.15, 0.2) is 11.9 Å². The van der Waals surface area contributed by atoms with Crippen LogP contribution >= 0.6 is 0 Å². The maximum absolute atomic E-state index is 4.32. The number of benzene rings is 1. The van der Waals surface area contributed by atoms with Gasteiger partial charge in [-0.25, -0.2) is 0 Å². The molecule has 0 aliphatic heterocycles. The van der Waals surface area contributed by atoms with Crippen LogP contribution in [0.3, 0.4) is 0 Å². The summed E-state index contributed by atoms with van der Waals surface area (Å²) in [5.41, 5.74) is 5.25. The molecule has 1 heterocycles. The fraction of sp³-hybridized carbons (Fsp3) is 0.409. The van der Waals surface area contributed by atoms with Crippen molar-refractivity contribution in [3.63, 3.8) is 0 Å². The summed E-state index contributed by atoms with van der Waals surface area (Å²) >= 11 is 0. The molecule has 0 saturated heterocycles. The first-order chi connectivity index (χ1) is 11.3. The minimum Gasteiger partial charge on any atom is -0.164 e. The highest BCUT2D eigenvalue weighted by atomic mass is 15.0. The molecule has 0 N–H and O–H groups in total. The number of allylic oxidation sites excluding steroid dienone is 1. The Kier molecular flexibility index (Phi) is 7.06. The molecule has 1 nitrogen and oxygen atoms in total. The number of aryl methyl sites for hydroxylation is 1. The fourth-order valence-electron chi connectivity index (χ4n) is 2.99. The largest absolute Gasteiger partial charge is 0.218 e. The molecule has 0 fully saturated rings. The van der Waals surface area contributed by atoms with Crippen LogP contribution in [0.2, 0.25) is 0 Å². The summed E-state index contributed by atoms with van der Waals surface area (Å²) in [6, 6.07) is 15.3. The van der Waals surface area contributed by atoms with Crippen LogP contribution in [-0.4, -0.2) is 0 Å². The summed E-state index contributed by atoms with van der Waals surface area (Å²) in [7, 11) is 0. The summed E-state index contributed by atoms with van der Waals surface area (Å²) in [5, 5.41) is 0. The first kappa shape index (κ1) is 17.5. The Bertz CT molecular complexity index is 627. The van der Waals surface area contributed by atoms with E-state index < -0.39 is 0 Å². The van der Waals surface area contributed by atoms with Gasteiger partial charge < -0.3 is 0 Å². The molecule has 0 atom stereocenters. The molecule has 0 radical (unpaired) electrons. The van der Waals surface area contributed by atoms with Crippen LogP contribution in [0.1, 0.15) is 57.9 Å². The molecule has 0 saturated carbocycles. The van der Waals surface area contributed by atoms with E-state index in [1.54, 1.807) is 0 Å². The van der Waals surface area contributed by atoms with Crippen LogP contribution in [0.15, 0.2) is 55.2 Å². The highest BCUT2D eigenvalue weighted by Gasteiger charge is 2.18. The molecule has 0 unspecified atom stereocenters. The summed E-state index contributed by atoms with van der Waals surface area (Å²) in [4.78, 5) is 0. The standard InChI is InChI=1S/C22H30N/c1-4-6-8-14-20-15-9-10-16-21(20)22-17-11-12-18-23(22)19(3)13-7-5-2/h9-12,15-18H,3-8,13-14H2,1-2H3/q+1. The van der Waals surface area contributed by atoms with Crippen LogP contribution in [0.5, 0.6) is 0 Å². The predicted octanol–water partition coefficient (Wildman–Crippen LogP) is 6.03. The van der Waals surface area contributed by atoms with E-state index in [0.717, 1.165) is 12.8 Å². The van der Waals surface area contributed by atoms with Crippen molar-refractivity contribution in [2.75, 3.05) is 0 Å². The Morgan fingerprint density at radius 2 is 1.65 bits per heavy atom. The van der Waals surface area contributed by atoms with Gasteiger partial charge in [-0.3, -0.25) is 0 Å². The van der Waals surface area contributed by atoms with E-state index in [1.807, 2.05) is 0 Å². The number of pyridine rings is 1. The van der Waals surface area contributed by atoms with E-state index in [4.69, 9.17) is 0 Å². The number of rotatable bonds is 9. The van der Waals surface area contributed by atoms with Gasteiger partial charge in [0.05, 0.1) is 0 Å². The van der Waals surface area contributed by atoms with Gasteiger partial charge in [-0.15, -0.1) is 0 Å². The quantitative estimate of drug-likeness (QED) is 0.393. The monoisotopic (exact) mass is 308 g/mol. The van der Waals surface area contributed by atoms with Gasteiger partial charge in [-0.2, -0.15) is 4.57 Å². The third kappa shape index (κ3) is 4.79. The summed E-state index contributed by atoms with van der Waals surface area (Å²) in [6.07, 6.45) is 10.6. The lowest BCUT2D eigenvalue weighted by Gasteiger charge is -2.10. The van der Waals surface area contributed by atoms with Gasteiger partial charge in [-0.1, -0.05) is 51.3 Å². The molecule has 0 aliphatic carbocycles. The fourth-order valence-corrected chi connectivity index (χ4v) is 2.99. The Balaban J connectivity index is 2.33. The topological polar surface area (TPSA) is 3.88 Å². The van der Waals surface area contributed by atoms with Gasteiger partial charge in [-0.05, 0) is 43.5 Å².